The summed E-state index contributed by atoms with van der Waals surface area (Å²) in [5.74, 6) is -0.406. The fourth-order valence-corrected chi connectivity index (χ4v) is 4.34. The predicted molar refractivity (Wildman–Crippen MR) is 119 cm³/mol. The van der Waals surface area contributed by atoms with Crippen LogP contribution in [-0.2, 0) is 9.53 Å². The first-order chi connectivity index (χ1) is 16.1. The van der Waals surface area contributed by atoms with Crippen LogP contribution in [0.5, 0.6) is 11.5 Å². The Kier molecular flexibility index (Phi) is 5.71. The minimum Gasteiger partial charge on any atom is -0.503 e. The van der Waals surface area contributed by atoms with E-state index in [1.807, 2.05) is 36.4 Å². The monoisotopic (exact) mass is 445 g/mol. The van der Waals surface area contributed by atoms with Gasteiger partial charge in [-0.2, -0.15) is 0 Å². The van der Waals surface area contributed by atoms with Gasteiger partial charge in [-0.15, -0.1) is 0 Å². The molecular weight excluding hydrogens is 422 g/mol. The van der Waals surface area contributed by atoms with Gasteiger partial charge in [-0.05, 0) is 54.8 Å². The number of carbonyl (C=O) groups is 2. The minimum absolute atomic E-state index is 0.00944. The molecule has 168 valence electrons. The number of hydrogen-bond acceptors (Lipinski definition) is 6. The Morgan fingerprint density at radius 3 is 2.61 bits per heavy atom. The number of rotatable bonds is 7. The molecule has 2 aliphatic heterocycles. The van der Waals surface area contributed by atoms with Crippen LogP contribution in [-0.4, -0.2) is 41.0 Å². The SMILES string of the molecule is O=C(C1=C(O)C(=O)N(CC2CCCO2)C1c1cccc(Oc2ccccc2)c1)c1ccco1. The third kappa shape index (κ3) is 4.15. The average molecular weight is 445 g/mol. The van der Waals surface area contributed by atoms with Crippen LogP contribution < -0.4 is 4.74 Å². The van der Waals surface area contributed by atoms with Crippen molar-refractivity contribution >= 4 is 11.7 Å². The number of para-hydroxylation sites is 1. The zero-order valence-electron chi connectivity index (χ0n) is 17.8. The van der Waals surface area contributed by atoms with E-state index in [0.717, 1.165) is 12.8 Å². The molecule has 1 N–H and O–H groups in total. The van der Waals surface area contributed by atoms with Crippen LogP contribution in [0.1, 0.15) is 35.0 Å². The number of nitrogens with zero attached hydrogens (tertiary/aromatic N) is 1. The van der Waals surface area contributed by atoms with Crippen molar-refractivity contribution in [3.63, 3.8) is 0 Å². The maximum atomic E-state index is 13.3. The summed E-state index contributed by atoms with van der Waals surface area (Å²) in [4.78, 5) is 27.8. The smallest absolute Gasteiger partial charge is 0.290 e. The van der Waals surface area contributed by atoms with Crippen molar-refractivity contribution in [3.05, 3.63) is 95.6 Å². The second kappa shape index (κ2) is 8.96. The highest BCUT2D eigenvalue weighted by Gasteiger charge is 2.45. The van der Waals surface area contributed by atoms with Gasteiger partial charge in [0.15, 0.2) is 11.5 Å². The molecule has 2 aliphatic rings. The van der Waals surface area contributed by atoms with Gasteiger partial charge in [0.2, 0.25) is 5.78 Å². The Morgan fingerprint density at radius 1 is 1.06 bits per heavy atom. The van der Waals surface area contributed by atoms with Crippen LogP contribution in [0, 0.1) is 0 Å². The summed E-state index contributed by atoms with van der Waals surface area (Å²) in [6.07, 6.45) is 2.96. The number of carbonyl (C=O) groups excluding carboxylic acids is 2. The van der Waals surface area contributed by atoms with Crippen molar-refractivity contribution in [3.8, 4) is 11.5 Å². The molecule has 3 aromatic rings. The highest BCUT2D eigenvalue weighted by atomic mass is 16.5. The van der Waals surface area contributed by atoms with Gasteiger partial charge >= 0.3 is 0 Å². The van der Waals surface area contributed by atoms with Crippen molar-refractivity contribution in [1.82, 2.24) is 4.90 Å². The van der Waals surface area contributed by atoms with E-state index in [0.29, 0.717) is 23.7 Å². The number of aliphatic hydroxyl groups is 1. The van der Waals surface area contributed by atoms with Crippen molar-refractivity contribution in [2.45, 2.75) is 25.0 Å². The summed E-state index contributed by atoms with van der Waals surface area (Å²) in [5.41, 5.74) is 0.638. The molecule has 7 heteroatoms. The summed E-state index contributed by atoms with van der Waals surface area (Å²) < 4.78 is 17.0. The zero-order valence-corrected chi connectivity index (χ0v) is 17.8. The number of aliphatic hydroxyl groups excluding tert-OH is 1. The van der Waals surface area contributed by atoms with Crippen molar-refractivity contribution in [2.75, 3.05) is 13.2 Å². The average Bonchev–Trinajstić information content (AvgIpc) is 3.59. The lowest BCUT2D eigenvalue weighted by Gasteiger charge is -2.29. The van der Waals surface area contributed by atoms with Gasteiger partial charge in [0.05, 0.1) is 24.0 Å². The number of ether oxygens (including phenoxy) is 2. The largest absolute Gasteiger partial charge is 0.503 e. The Hall–Kier alpha value is -3.84. The highest BCUT2D eigenvalue weighted by molar-refractivity contribution is 6.15. The first-order valence-corrected chi connectivity index (χ1v) is 10.9. The van der Waals surface area contributed by atoms with Crippen LogP contribution in [0.4, 0.5) is 0 Å². The van der Waals surface area contributed by atoms with Gasteiger partial charge in [-0.3, -0.25) is 9.59 Å². The van der Waals surface area contributed by atoms with Crippen LogP contribution in [0.15, 0.2) is 88.7 Å². The van der Waals surface area contributed by atoms with Crippen LogP contribution >= 0.6 is 0 Å². The van der Waals surface area contributed by atoms with E-state index in [1.54, 1.807) is 24.3 Å². The second-order valence-corrected chi connectivity index (χ2v) is 8.05. The molecular formula is C26H23NO6. The van der Waals surface area contributed by atoms with E-state index in [2.05, 4.69) is 0 Å². The molecule has 3 heterocycles. The second-order valence-electron chi connectivity index (χ2n) is 8.05. The first-order valence-electron chi connectivity index (χ1n) is 10.9. The standard InChI is InChI=1S/C26H23NO6/c28-24(21-12-6-14-32-21)22-23(27(26(30)25(22)29)16-20-11-5-13-31-20)17-7-4-10-19(15-17)33-18-8-2-1-3-9-18/h1-4,6-10,12,14-15,20,23,29H,5,11,13,16H2. The maximum Gasteiger partial charge on any atom is 0.290 e. The molecule has 7 nitrogen and oxygen atoms in total. The van der Waals surface area contributed by atoms with Gasteiger partial charge in [-0.25, -0.2) is 0 Å². The summed E-state index contributed by atoms with van der Waals surface area (Å²) >= 11 is 0. The Balaban J connectivity index is 1.53. The van der Waals surface area contributed by atoms with Gasteiger partial charge in [0, 0.05) is 13.2 Å². The molecule has 1 aromatic heterocycles. The number of benzene rings is 2. The molecule has 0 spiro atoms. The molecule has 1 amide bonds. The van der Waals surface area contributed by atoms with E-state index in [-0.39, 0.29) is 24.0 Å². The van der Waals surface area contributed by atoms with Gasteiger partial charge in [0.25, 0.3) is 5.91 Å². The van der Waals surface area contributed by atoms with E-state index in [9.17, 15) is 14.7 Å². The van der Waals surface area contributed by atoms with E-state index < -0.39 is 23.5 Å². The van der Waals surface area contributed by atoms with Crippen LogP contribution in [0.25, 0.3) is 0 Å². The molecule has 2 aromatic carbocycles. The fraction of sp³-hybridized carbons (Fsp3) is 0.231. The molecule has 1 saturated heterocycles. The molecule has 2 atom stereocenters. The lowest BCUT2D eigenvalue weighted by molar-refractivity contribution is -0.131. The lowest BCUT2D eigenvalue weighted by Crippen LogP contribution is -2.37. The molecule has 33 heavy (non-hydrogen) atoms. The van der Waals surface area contributed by atoms with Crippen molar-refractivity contribution in [1.29, 1.82) is 0 Å². The summed E-state index contributed by atoms with van der Waals surface area (Å²) in [5, 5.41) is 10.8. The van der Waals surface area contributed by atoms with Gasteiger partial charge in [-0.1, -0.05) is 30.3 Å². The molecule has 5 rings (SSSR count). The van der Waals surface area contributed by atoms with E-state index >= 15 is 0 Å². The summed E-state index contributed by atoms with van der Waals surface area (Å²) in [6.45, 7) is 0.904. The third-order valence-corrected chi connectivity index (χ3v) is 5.87. The fourth-order valence-electron chi connectivity index (χ4n) is 4.34. The number of hydrogen-bond donors (Lipinski definition) is 1. The Bertz CT molecular complexity index is 1180. The molecule has 0 saturated carbocycles. The Labute approximate surface area is 190 Å². The molecule has 0 radical (unpaired) electrons. The molecule has 0 bridgehead atoms. The number of ketones is 1. The molecule has 2 unspecified atom stereocenters. The van der Waals surface area contributed by atoms with Crippen molar-refractivity contribution < 1.29 is 28.6 Å². The normalized spacial score (nSPS) is 20.5. The van der Waals surface area contributed by atoms with Crippen LogP contribution in [0.2, 0.25) is 0 Å². The van der Waals surface area contributed by atoms with Crippen LogP contribution in [0.3, 0.4) is 0 Å². The van der Waals surface area contributed by atoms with Gasteiger partial charge < -0.3 is 23.9 Å². The summed E-state index contributed by atoms with van der Waals surface area (Å²) in [6, 6.07) is 18.8. The number of Topliss-reactive ketones (excluding diaryl/α,β-unsaturated/α-hetero) is 1. The molecule has 0 aliphatic carbocycles. The van der Waals surface area contributed by atoms with Crippen molar-refractivity contribution in [2.24, 2.45) is 0 Å². The van der Waals surface area contributed by atoms with E-state index in [4.69, 9.17) is 13.9 Å². The first kappa shape index (κ1) is 21.0. The highest BCUT2D eigenvalue weighted by Crippen LogP contribution is 2.41. The lowest BCUT2D eigenvalue weighted by atomic mass is 9.94. The number of furan rings is 1. The minimum atomic E-state index is -0.793. The predicted octanol–water partition coefficient (Wildman–Crippen LogP) is 4.83. The zero-order chi connectivity index (χ0) is 22.8. The summed E-state index contributed by atoms with van der Waals surface area (Å²) in [7, 11) is 0. The number of amides is 1. The van der Waals surface area contributed by atoms with E-state index in [1.165, 1.54) is 17.2 Å². The quantitative estimate of drug-likeness (QED) is 0.524. The maximum absolute atomic E-state index is 13.3. The van der Waals surface area contributed by atoms with Gasteiger partial charge in [0.1, 0.15) is 11.5 Å². The Morgan fingerprint density at radius 2 is 1.88 bits per heavy atom. The topological polar surface area (TPSA) is 89.2 Å². The molecule has 1 fully saturated rings. The third-order valence-electron chi connectivity index (χ3n) is 5.87.